The number of aromatic nitrogens is 1. The highest BCUT2D eigenvalue weighted by Crippen LogP contribution is 2.32. The van der Waals surface area contributed by atoms with Crippen molar-refractivity contribution in [1.29, 1.82) is 0 Å². The van der Waals surface area contributed by atoms with Gasteiger partial charge in [0.25, 0.3) is 0 Å². The molecule has 2 aromatic rings. The maximum absolute atomic E-state index is 5.68. The molecule has 1 heterocycles. The van der Waals surface area contributed by atoms with Crippen molar-refractivity contribution in [3.8, 4) is 0 Å². The number of rotatable bonds is 5. The highest BCUT2D eigenvalue weighted by Gasteiger charge is 2.21. The predicted octanol–water partition coefficient (Wildman–Crippen LogP) is 3.72. The van der Waals surface area contributed by atoms with Crippen LogP contribution in [0.4, 0.5) is 16.5 Å². The molecule has 21 heavy (non-hydrogen) atoms. The van der Waals surface area contributed by atoms with Crippen LogP contribution in [0.25, 0.3) is 0 Å². The van der Waals surface area contributed by atoms with Gasteiger partial charge in [-0.25, -0.2) is 4.98 Å². The Kier molecular flexibility index (Phi) is 4.29. The number of nitrogens with zero attached hydrogens (tertiary/aromatic N) is 2. The number of hydrogen-bond acceptors (Lipinski definition) is 5. The van der Waals surface area contributed by atoms with E-state index < -0.39 is 0 Å². The van der Waals surface area contributed by atoms with E-state index in [0.29, 0.717) is 11.2 Å². The molecule has 0 radical (unpaired) electrons. The van der Waals surface area contributed by atoms with Gasteiger partial charge >= 0.3 is 0 Å². The van der Waals surface area contributed by atoms with Gasteiger partial charge in [0.05, 0.1) is 17.9 Å². The summed E-state index contributed by atoms with van der Waals surface area (Å²) in [6.45, 7) is 0.768. The third-order valence-corrected chi connectivity index (χ3v) is 5.01. The Morgan fingerprint density at radius 1 is 1.33 bits per heavy atom. The van der Waals surface area contributed by atoms with Gasteiger partial charge in [0.1, 0.15) is 0 Å². The molecule has 1 saturated carbocycles. The second-order valence-electron chi connectivity index (χ2n) is 5.58. The van der Waals surface area contributed by atoms with E-state index in [2.05, 4.69) is 46.5 Å². The molecule has 0 amide bonds. The molecule has 5 heteroatoms. The van der Waals surface area contributed by atoms with E-state index in [1.54, 1.807) is 0 Å². The maximum atomic E-state index is 5.68. The average Bonchev–Trinajstić information content (AvgIpc) is 3.16. The van der Waals surface area contributed by atoms with Crippen LogP contribution in [0.5, 0.6) is 0 Å². The molecule has 3 rings (SSSR count). The second-order valence-corrected chi connectivity index (χ2v) is 6.73. The van der Waals surface area contributed by atoms with Crippen LogP contribution < -0.4 is 16.0 Å². The molecule has 0 aliphatic heterocycles. The number of nitrogen functional groups attached to an aromatic ring is 1. The summed E-state index contributed by atoms with van der Waals surface area (Å²) < 4.78 is 0. The summed E-state index contributed by atoms with van der Waals surface area (Å²) in [6, 6.07) is 9.20. The highest BCUT2D eigenvalue weighted by molar-refractivity contribution is 7.15. The lowest BCUT2D eigenvalue weighted by Crippen LogP contribution is -2.29. The van der Waals surface area contributed by atoms with Gasteiger partial charge in [0, 0.05) is 24.2 Å². The summed E-state index contributed by atoms with van der Waals surface area (Å²) in [5.74, 6) is 0. The van der Waals surface area contributed by atoms with E-state index in [9.17, 15) is 0 Å². The van der Waals surface area contributed by atoms with E-state index in [-0.39, 0.29) is 0 Å². The van der Waals surface area contributed by atoms with Crippen LogP contribution in [0.2, 0.25) is 0 Å². The molecule has 1 fully saturated rings. The molecule has 1 aliphatic carbocycles. The van der Waals surface area contributed by atoms with Crippen molar-refractivity contribution in [3.63, 3.8) is 0 Å². The molecule has 4 nitrogen and oxygen atoms in total. The first-order valence-corrected chi connectivity index (χ1v) is 8.31. The lowest BCUT2D eigenvalue weighted by atomic mass is 10.1. The topological polar surface area (TPSA) is 54.2 Å². The van der Waals surface area contributed by atoms with Crippen molar-refractivity contribution in [2.75, 3.05) is 23.0 Å². The smallest absolute Gasteiger partial charge is 0.180 e. The largest absolute Gasteiger partial charge is 0.378 e. The quantitative estimate of drug-likeness (QED) is 0.884. The lowest BCUT2D eigenvalue weighted by Gasteiger charge is -2.28. The lowest BCUT2D eigenvalue weighted by molar-refractivity contribution is 0.653. The Hall–Kier alpha value is -1.75. The Labute approximate surface area is 130 Å². The molecule has 1 aromatic carbocycles. The van der Waals surface area contributed by atoms with E-state index in [1.165, 1.54) is 48.4 Å². The van der Waals surface area contributed by atoms with Crippen LogP contribution in [-0.2, 0) is 6.54 Å². The molecule has 0 spiro atoms. The van der Waals surface area contributed by atoms with Crippen LogP contribution in [0, 0.1) is 0 Å². The third-order valence-electron chi connectivity index (χ3n) is 4.18. The van der Waals surface area contributed by atoms with Gasteiger partial charge in [-0.05, 0) is 25.0 Å². The molecule has 0 unspecified atom stereocenters. The van der Waals surface area contributed by atoms with Crippen molar-refractivity contribution in [1.82, 2.24) is 4.98 Å². The number of thiazole rings is 1. The van der Waals surface area contributed by atoms with E-state index >= 15 is 0 Å². The molecular formula is C16H22N4S. The minimum absolute atomic E-state index is 0.628. The van der Waals surface area contributed by atoms with Gasteiger partial charge in [-0.3, -0.25) is 0 Å². The first kappa shape index (κ1) is 14.2. The SMILES string of the molecule is CN(c1ccccc1NCc1cnc(N)s1)C1CCCC1. The summed E-state index contributed by atoms with van der Waals surface area (Å²) in [7, 11) is 2.21. The van der Waals surface area contributed by atoms with Gasteiger partial charge in [-0.15, -0.1) is 11.3 Å². The maximum Gasteiger partial charge on any atom is 0.180 e. The fourth-order valence-electron chi connectivity index (χ4n) is 3.01. The number of nitrogens with two attached hydrogens (primary N) is 1. The zero-order valence-electron chi connectivity index (χ0n) is 12.4. The number of hydrogen-bond donors (Lipinski definition) is 2. The first-order chi connectivity index (χ1) is 10.2. The van der Waals surface area contributed by atoms with Gasteiger partial charge in [-0.1, -0.05) is 25.0 Å². The normalized spacial score (nSPS) is 15.3. The fraction of sp³-hybridized carbons (Fsp3) is 0.438. The van der Waals surface area contributed by atoms with Crippen LogP contribution in [0.3, 0.4) is 0 Å². The predicted molar refractivity (Wildman–Crippen MR) is 91.0 cm³/mol. The Balaban J connectivity index is 1.72. The second kappa shape index (κ2) is 6.35. The van der Waals surface area contributed by atoms with Crippen LogP contribution in [0.15, 0.2) is 30.5 Å². The Morgan fingerprint density at radius 2 is 2.10 bits per heavy atom. The summed E-state index contributed by atoms with van der Waals surface area (Å²) in [5, 5.41) is 4.15. The summed E-state index contributed by atoms with van der Waals surface area (Å²) in [6.07, 6.45) is 7.15. The standard InChI is InChI=1S/C16H22N4S/c1-20(12-6-2-3-7-12)15-9-5-4-8-14(15)18-10-13-11-19-16(17)21-13/h4-5,8-9,11-12,18H,2-3,6-7,10H2,1H3,(H2,17,19). The third kappa shape index (κ3) is 3.29. The summed E-state index contributed by atoms with van der Waals surface area (Å²) in [4.78, 5) is 7.68. The molecule has 112 valence electrons. The van der Waals surface area contributed by atoms with Crippen molar-refractivity contribution in [2.24, 2.45) is 0 Å². The van der Waals surface area contributed by atoms with Gasteiger partial charge in [-0.2, -0.15) is 0 Å². The number of nitrogens with one attached hydrogen (secondary N) is 1. The minimum Gasteiger partial charge on any atom is -0.378 e. The van der Waals surface area contributed by atoms with Crippen molar-refractivity contribution in [3.05, 3.63) is 35.3 Å². The first-order valence-electron chi connectivity index (χ1n) is 7.50. The molecule has 1 aromatic heterocycles. The van der Waals surface area contributed by atoms with Crippen LogP contribution in [0.1, 0.15) is 30.6 Å². The molecule has 3 N–H and O–H groups in total. The van der Waals surface area contributed by atoms with Crippen LogP contribution in [-0.4, -0.2) is 18.1 Å². The summed E-state index contributed by atoms with van der Waals surface area (Å²) >= 11 is 1.54. The van der Waals surface area contributed by atoms with E-state index in [0.717, 1.165) is 11.4 Å². The van der Waals surface area contributed by atoms with Crippen molar-refractivity contribution >= 4 is 27.8 Å². The molecule has 0 bridgehead atoms. The Morgan fingerprint density at radius 3 is 2.81 bits per heavy atom. The van der Waals surface area contributed by atoms with Gasteiger partial charge in [0.2, 0.25) is 0 Å². The van der Waals surface area contributed by atoms with Gasteiger partial charge in [0.15, 0.2) is 5.13 Å². The van der Waals surface area contributed by atoms with Gasteiger partial charge < -0.3 is 16.0 Å². The zero-order valence-corrected chi connectivity index (χ0v) is 13.2. The van der Waals surface area contributed by atoms with E-state index in [4.69, 9.17) is 5.73 Å². The molecule has 0 atom stereocenters. The van der Waals surface area contributed by atoms with Crippen LogP contribution >= 0.6 is 11.3 Å². The number of anilines is 3. The molecular weight excluding hydrogens is 280 g/mol. The monoisotopic (exact) mass is 302 g/mol. The molecule has 0 saturated heterocycles. The summed E-state index contributed by atoms with van der Waals surface area (Å²) in [5.41, 5.74) is 8.14. The Bertz CT molecular complexity index is 589. The fourth-order valence-corrected chi connectivity index (χ4v) is 3.63. The highest BCUT2D eigenvalue weighted by atomic mass is 32.1. The number of benzene rings is 1. The minimum atomic E-state index is 0.628. The van der Waals surface area contributed by atoms with Crippen molar-refractivity contribution in [2.45, 2.75) is 38.3 Å². The zero-order chi connectivity index (χ0) is 14.7. The van der Waals surface area contributed by atoms with E-state index in [1.807, 2.05) is 6.20 Å². The van der Waals surface area contributed by atoms with Crippen molar-refractivity contribution < 1.29 is 0 Å². The molecule has 1 aliphatic rings. The average molecular weight is 302 g/mol. The number of para-hydroxylation sites is 2.